The van der Waals surface area contributed by atoms with Gasteiger partial charge in [-0.25, -0.2) is 4.98 Å². The van der Waals surface area contributed by atoms with Crippen molar-refractivity contribution in [3.8, 4) is 0 Å². The number of nitrogens with one attached hydrogen (secondary N) is 1. The molecule has 16 heavy (non-hydrogen) atoms. The minimum Gasteiger partial charge on any atom is -0.340 e. The molecule has 0 fully saturated rings. The molecular weight excluding hydrogens is 218 g/mol. The average Bonchev–Trinajstić information content (AvgIpc) is 2.79. The Morgan fingerprint density at radius 1 is 1.31 bits per heavy atom. The Morgan fingerprint density at radius 3 is 2.62 bits per heavy atom. The van der Waals surface area contributed by atoms with Gasteiger partial charge in [-0.2, -0.15) is 0 Å². The van der Waals surface area contributed by atoms with Crippen LogP contribution in [0.25, 0.3) is 0 Å². The SMILES string of the molecule is CC(N)C(Sc1ncc[nH]1)c1ccccc1. The van der Waals surface area contributed by atoms with Crippen LogP contribution in [0.3, 0.4) is 0 Å². The highest BCUT2D eigenvalue weighted by atomic mass is 32.2. The minimum atomic E-state index is 0.0810. The van der Waals surface area contributed by atoms with Gasteiger partial charge in [0.1, 0.15) is 0 Å². The maximum atomic E-state index is 6.02. The van der Waals surface area contributed by atoms with Crippen LogP contribution in [-0.2, 0) is 0 Å². The van der Waals surface area contributed by atoms with Crippen LogP contribution in [0.5, 0.6) is 0 Å². The zero-order valence-electron chi connectivity index (χ0n) is 9.13. The monoisotopic (exact) mass is 233 g/mol. The van der Waals surface area contributed by atoms with Gasteiger partial charge in [-0.15, -0.1) is 0 Å². The molecule has 1 heterocycles. The first-order chi connectivity index (χ1) is 7.77. The largest absolute Gasteiger partial charge is 0.340 e. The van der Waals surface area contributed by atoms with Crippen molar-refractivity contribution in [2.75, 3.05) is 0 Å². The quantitative estimate of drug-likeness (QED) is 0.798. The van der Waals surface area contributed by atoms with Gasteiger partial charge in [-0.1, -0.05) is 42.1 Å². The molecule has 0 spiro atoms. The van der Waals surface area contributed by atoms with E-state index in [9.17, 15) is 0 Å². The molecule has 0 aliphatic carbocycles. The van der Waals surface area contributed by atoms with E-state index >= 15 is 0 Å². The number of rotatable bonds is 4. The molecule has 0 saturated carbocycles. The van der Waals surface area contributed by atoms with Crippen molar-refractivity contribution in [1.82, 2.24) is 9.97 Å². The summed E-state index contributed by atoms with van der Waals surface area (Å²) < 4.78 is 0. The molecule has 0 radical (unpaired) electrons. The van der Waals surface area contributed by atoms with Gasteiger partial charge in [-0.3, -0.25) is 0 Å². The molecular formula is C12H15N3S. The molecule has 2 aromatic rings. The zero-order valence-corrected chi connectivity index (χ0v) is 9.95. The van der Waals surface area contributed by atoms with Crippen molar-refractivity contribution in [1.29, 1.82) is 0 Å². The van der Waals surface area contributed by atoms with Gasteiger partial charge in [0.2, 0.25) is 0 Å². The zero-order chi connectivity index (χ0) is 11.4. The van der Waals surface area contributed by atoms with Crippen molar-refractivity contribution in [2.45, 2.75) is 23.4 Å². The molecule has 3 nitrogen and oxygen atoms in total. The summed E-state index contributed by atoms with van der Waals surface area (Å²) in [5, 5.41) is 1.14. The third-order valence-corrected chi connectivity index (χ3v) is 3.72. The summed E-state index contributed by atoms with van der Waals surface area (Å²) in [5.41, 5.74) is 7.26. The first kappa shape index (κ1) is 11.2. The normalized spacial score (nSPS) is 14.6. The number of benzene rings is 1. The number of aromatic nitrogens is 2. The summed E-state index contributed by atoms with van der Waals surface area (Å²) in [4.78, 5) is 7.30. The van der Waals surface area contributed by atoms with E-state index < -0.39 is 0 Å². The Labute approximate surface area is 99.5 Å². The van der Waals surface area contributed by atoms with Gasteiger partial charge < -0.3 is 10.7 Å². The fraction of sp³-hybridized carbons (Fsp3) is 0.250. The van der Waals surface area contributed by atoms with E-state index in [1.807, 2.05) is 31.3 Å². The predicted octanol–water partition coefficient (Wildman–Crippen LogP) is 2.59. The highest BCUT2D eigenvalue weighted by Crippen LogP contribution is 2.34. The number of imidazole rings is 1. The molecule has 1 aromatic heterocycles. The van der Waals surface area contributed by atoms with Crippen LogP contribution in [0.2, 0.25) is 0 Å². The van der Waals surface area contributed by atoms with Crippen LogP contribution in [-0.4, -0.2) is 16.0 Å². The van der Waals surface area contributed by atoms with Crippen LogP contribution in [0.15, 0.2) is 47.9 Å². The van der Waals surface area contributed by atoms with E-state index in [2.05, 4.69) is 22.1 Å². The lowest BCUT2D eigenvalue weighted by Gasteiger charge is -2.19. The number of nitrogens with zero attached hydrogens (tertiary/aromatic N) is 1. The topological polar surface area (TPSA) is 54.7 Å². The Hall–Kier alpha value is -1.26. The van der Waals surface area contributed by atoms with E-state index in [0.29, 0.717) is 0 Å². The first-order valence-corrected chi connectivity index (χ1v) is 6.12. The maximum absolute atomic E-state index is 6.02. The summed E-state index contributed by atoms with van der Waals surface area (Å²) in [5.74, 6) is 0. The lowest BCUT2D eigenvalue weighted by Crippen LogP contribution is -2.22. The summed E-state index contributed by atoms with van der Waals surface area (Å²) in [6, 6.07) is 10.4. The van der Waals surface area contributed by atoms with Crippen LogP contribution < -0.4 is 5.73 Å². The number of H-pyrrole nitrogens is 1. The van der Waals surface area contributed by atoms with Gasteiger partial charge in [-0.05, 0) is 12.5 Å². The second-order valence-corrected chi connectivity index (χ2v) is 4.83. The van der Waals surface area contributed by atoms with Crippen LogP contribution in [0, 0.1) is 0 Å². The highest BCUT2D eigenvalue weighted by Gasteiger charge is 2.18. The Kier molecular flexibility index (Phi) is 3.64. The van der Waals surface area contributed by atoms with E-state index in [1.54, 1.807) is 18.0 Å². The van der Waals surface area contributed by atoms with E-state index in [4.69, 9.17) is 5.73 Å². The van der Waals surface area contributed by atoms with E-state index in [1.165, 1.54) is 5.56 Å². The first-order valence-electron chi connectivity index (χ1n) is 5.24. The molecule has 1 aromatic carbocycles. The van der Waals surface area contributed by atoms with Crippen molar-refractivity contribution in [3.05, 3.63) is 48.3 Å². The molecule has 0 aliphatic heterocycles. The maximum Gasteiger partial charge on any atom is 0.165 e. The van der Waals surface area contributed by atoms with Crippen LogP contribution in [0.4, 0.5) is 0 Å². The molecule has 0 saturated heterocycles. The Bertz CT molecular complexity index is 411. The smallest absolute Gasteiger partial charge is 0.165 e. The lowest BCUT2D eigenvalue weighted by atomic mass is 10.1. The molecule has 3 N–H and O–H groups in total. The Balaban J connectivity index is 2.18. The molecule has 0 bridgehead atoms. The van der Waals surface area contributed by atoms with Crippen molar-refractivity contribution >= 4 is 11.8 Å². The molecule has 2 atom stereocenters. The highest BCUT2D eigenvalue weighted by molar-refractivity contribution is 7.99. The molecule has 0 aliphatic rings. The predicted molar refractivity (Wildman–Crippen MR) is 67.3 cm³/mol. The number of hydrogen-bond donors (Lipinski definition) is 2. The van der Waals surface area contributed by atoms with Gasteiger partial charge in [0.05, 0.1) is 5.25 Å². The fourth-order valence-corrected chi connectivity index (χ4v) is 2.56. The molecule has 84 valence electrons. The third kappa shape index (κ3) is 2.65. The van der Waals surface area contributed by atoms with E-state index in [0.717, 1.165) is 5.16 Å². The number of nitrogens with two attached hydrogens (primary N) is 1. The van der Waals surface area contributed by atoms with Crippen molar-refractivity contribution in [3.63, 3.8) is 0 Å². The van der Waals surface area contributed by atoms with Gasteiger partial charge in [0.15, 0.2) is 5.16 Å². The standard InChI is InChI=1S/C12H15N3S/c1-9(13)11(10-5-3-2-4-6-10)16-12-14-7-8-15-12/h2-9,11H,13H2,1H3,(H,14,15). The molecule has 0 amide bonds. The number of aromatic amines is 1. The minimum absolute atomic E-state index is 0.0810. The van der Waals surface area contributed by atoms with E-state index in [-0.39, 0.29) is 11.3 Å². The van der Waals surface area contributed by atoms with Crippen molar-refractivity contribution in [2.24, 2.45) is 5.73 Å². The molecule has 4 heteroatoms. The molecule has 2 rings (SSSR count). The van der Waals surface area contributed by atoms with Crippen LogP contribution in [0.1, 0.15) is 17.7 Å². The van der Waals surface area contributed by atoms with Crippen LogP contribution >= 0.6 is 11.8 Å². The lowest BCUT2D eigenvalue weighted by molar-refractivity contribution is 0.719. The van der Waals surface area contributed by atoms with Gasteiger partial charge >= 0.3 is 0 Å². The van der Waals surface area contributed by atoms with Gasteiger partial charge in [0, 0.05) is 18.4 Å². The molecule has 2 unspecified atom stereocenters. The summed E-state index contributed by atoms with van der Waals surface area (Å²) in [6.45, 7) is 2.02. The summed E-state index contributed by atoms with van der Waals surface area (Å²) in [6.07, 6.45) is 3.58. The number of hydrogen-bond acceptors (Lipinski definition) is 3. The van der Waals surface area contributed by atoms with Gasteiger partial charge in [0.25, 0.3) is 0 Å². The second kappa shape index (κ2) is 5.18. The second-order valence-electron chi connectivity index (χ2n) is 3.70. The fourth-order valence-electron chi connectivity index (χ4n) is 1.56. The van der Waals surface area contributed by atoms with Crippen molar-refractivity contribution < 1.29 is 0 Å². The summed E-state index contributed by atoms with van der Waals surface area (Å²) >= 11 is 1.66. The third-order valence-electron chi connectivity index (χ3n) is 2.32. The summed E-state index contributed by atoms with van der Waals surface area (Å²) in [7, 11) is 0. The Morgan fingerprint density at radius 2 is 2.06 bits per heavy atom. The number of thioether (sulfide) groups is 1. The average molecular weight is 233 g/mol.